The predicted octanol–water partition coefficient (Wildman–Crippen LogP) is 3.17. The molecule has 0 atom stereocenters. The van der Waals surface area contributed by atoms with E-state index in [1.807, 2.05) is 6.92 Å². The summed E-state index contributed by atoms with van der Waals surface area (Å²) in [5.41, 5.74) is 1.37. The van der Waals surface area contributed by atoms with Crippen molar-refractivity contribution >= 4 is 40.0 Å². The Labute approximate surface area is 250 Å². The number of fused-ring (bicyclic) bond motifs is 1. The molecule has 0 spiro atoms. The number of amides is 2. The molecular formula is C27H27ClN10O5. The lowest BCUT2D eigenvalue weighted by atomic mass is 10.0. The van der Waals surface area contributed by atoms with E-state index in [4.69, 9.17) is 25.8 Å². The number of nitrogens with zero attached hydrogens (tertiary/aromatic N) is 8. The van der Waals surface area contributed by atoms with Crippen molar-refractivity contribution in [3.05, 3.63) is 58.5 Å². The van der Waals surface area contributed by atoms with Gasteiger partial charge in [-0.3, -0.25) is 9.59 Å². The summed E-state index contributed by atoms with van der Waals surface area (Å²) in [7, 11) is 4.25. The van der Waals surface area contributed by atoms with Crippen LogP contribution in [0, 0.1) is 6.92 Å². The van der Waals surface area contributed by atoms with Gasteiger partial charge in [0, 0.05) is 30.4 Å². The number of nitrogens with one attached hydrogen (secondary N) is 2. The minimum atomic E-state index is -0.587. The largest absolute Gasteiger partial charge is 0.480 e. The number of halogens is 1. The van der Waals surface area contributed by atoms with Crippen molar-refractivity contribution in [1.82, 2.24) is 44.8 Å². The van der Waals surface area contributed by atoms with Crippen LogP contribution in [-0.4, -0.2) is 79.2 Å². The highest BCUT2D eigenvalue weighted by Crippen LogP contribution is 2.31. The Balaban J connectivity index is 1.64. The van der Waals surface area contributed by atoms with Gasteiger partial charge in [-0.15, -0.1) is 10.1 Å². The minimum absolute atomic E-state index is 0.0199. The molecule has 0 saturated carbocycles. The molecule has 43 heavy (non-hydrogen) atoms. The molecule has 0 aliphatic carbocycles. The number of carbonyl (C=O) groups is 2. The summed E-state index contributed by atoms with van der Waals surface area (Å²) in [6, 6.07) is 6.56. The second kappa shape index (κ2) is 12.3. The predicted molar refractivity (Wildman–Crippen MR) is 156 cm³/mol. The van der Waals surface area contributed by atoms with Crippen molar-refractivity contribution in [3.8, 4) is 29.7 Å². The zero-order valence-corrected chi connectivity index (χ0v) is 24.6. The van der Waals surface area contributed by atoms with Crippen molar-refractivity contribution in [1.29, 1.82) is 0 Å². The standard InChI is InChI=1S/C27H27ClN10O5/c1-6-9-30-24(40)19-20(31-23(39)17-12-18(41-3)35-38(17)22-16(28)8-7-10-29-22)14(2)11-15-13-37(36-21(15)19)25-32-26(42-4)34-27(33-25)43-5/h7-8,10-13H,6,9H2,1-5H3,(H,30,40)(H,31,39). The molecule has 0 aliphatic heterocycles. The van der Waals surface area contributed by atoms with Crippen molar-refractivity contribution < 1.29 is 23.8 Å². The molecule has 5 rings (SSSR count). The van der Waals surface area contributed by atoms with Gasteiger partial charge in [-0.25, -0.2) is 14.3 Å². The molecule has 2 amide bonds. The Morgan fingerprint density at radius 1 is 1.00 bits per heavy atom. The zero-order valence-electron chi connectivity index (χ0n) is 23.9. The molecule has 1 aromatic carbocycles. The number of hydrogen-bond acceptors (Lipinski definition) is 11. The highest BCUT2D eigenvalue weighted by molar-refractivity contribution is 6.32. The van der Waals surface area contributed by atoms with E-state index in [1.165, 1.54) is 43.0 Å². The fourth-order valence-corrected chi connectivity index (χ4v) is 4.43. The number of methoxy groups -OCH3 is 3. The highest BCUT2D eigenvalue weighted by atomic mass is 35.5. The van der Waals surface area contributed by atoms with Crippen LogP contribution >= 0.6 is 11.6 Å². The van der Waals surface area contributed by atoms with E-state index in [0.717, 1.165) is 0 Å². The molecule has 5 aromatic rings. The average Bonchev–Trinajstić information content (AvgIpc) is 3.64. The SMILES string of the molecule is CCCNC(=O)c1c(NC(=O)c2cc(OC)nn2-c2ncccc2Cl)c(C)cc2cn(-c3nc(OC)nc(OC)n3)nc12. The summed E-state index contributed by atoms with van der Waals surface area (Å²) in [5.74, 6) is -0.516. The first-order chi connectivity index (χ1) is 20.8. The Kier molecular flexibility index (Phi) is 8.34. The van der Waals surface area contributed by atoms with E-state index in [2.05, 4.69) is 40.8 Å². The first-order valence-corrected chi connectivity index (χ1v) is 13.4. The van der Waals surface area contributed by atoms with Gasteiger partial charge in [0.05, 0.1) is 37.6 Å². The molecule has 16 heteroatoms. The van der Waals surface area contributed by atoms with Gasteiger partial charge in [0.2, 0.25) is 5.88 Å². The number of hydrogen-bond donors (Lipinski definition) is 2. The van der Waals surface area contributed by atoms with Crippen molar-refractivity contribution in [2.24, 2.45) is 0 Å². The zero-order chi connectivity index (χ0) is 30.7. The average molecular weight is 607 g/mol. The van der Waals surface area contributed by atoms with Crippen LogP contribution in [0.5, 0.6) is 17.9 Å². The van der Waals surface area contributed by atoms with E-state index in [0.29, 0.717) is 29.4 Å². The molecule has 0 aliphatic rings. The summed E-state index contributed by atoms with van der Waals surface area (Å²) in [4.78, 5) is 44.1. The third-order valence-corrected chi connectivity index (χ3v) is 6.51. The molecule has 0 fully saturated rings. The maximum Gasteiger partial charge on any atom is 0.324 e. The summed E-state index contributed by atoms with van der Waals surface area (Å²) in [5, 5.41) is 15.6. The van der Waals surface area contributed by atoms with Crippen molar-refractivity contribution in [3.63, 3.8) is 0 Å². The fraction of sp³-hybridized carbons (Fsp3) is 0.259. The van der Waals surface area contributed by atoms with Gasteiger partial charge >= 0.3 is 12.0 Å². The van der Waals surface area contributed by atoms with Gasteiger partial charge in [-0.05, 0) is 37.1 Å². The van der Waals surface area contributed by atoms with Gasteiger partial charge < -0.3 is 24.8 Å². The van der Waals surface area contributed by atoms with Crippen LogP contribution < -0.4 is 24.8 Å². The number of aromatic nitrogens is 8. The number of pyridine rings is 1. The van der Waals surface area contributed by atoms with Crippen LogP contribution in [0.4, 0.5) is 5.69 Å². The van der Waals surface area contributed by atoms with Crippen LogP contribution in [0.25, 0.3) is 22.7 Å². The molecule has 222 valence electrons. The summed E-state index contributed by atoms with van der Waals surface area (Å²) in [6.45, 7) is 4.11. The van der Waals surface area contributed by atoms with Crippen LogP contribution in [0.15, 0.2) is 36.7 Å². The fourth-order valence-electron chi connectivity index (χ4n) is 4.23. The molecule has 0 bridgehead atoms. The number of aryl methyl sites for hydroxylation is 1. The smallest absolute Gasteiger partial charge is 0.324 e. The molecule has 0 unspecified atom stereocenters. The van der Waals surface area contributed by atoms with Gasteiger partial charge in [0.1, 0.15) is 11.2 Å². The Bertz CT molecular complexity index is 1810. The van der Waals surface area contributed by atoms with Gasteiger partial charge in [-0.1, -0.05) is 18.5 Å². The lowest BCUT2D eigenvalue weighted by Crippen LogP contribution is -2.27. The maximum absolute atomic E-state index is 13.8. The third kappa shape index (κ3) is 5.74. The summed E-state index contributed by atoms with van der Waals surface area (Å²) in [6.07, 6.45) is 3.88. The van der Waals surface area contributed by atoms with Gasteiger partial charge in [0.15, 0.2) is 5.82 Å². The first-order valence-electron chi connectivity index (χ1n) is 13.0. The van der Waals surface area contributed by atoms with E-state index in [9.17, 15) is 9.59 Å². The van der Waals surface area contributed by atoms with E-state index in [1.54, 1.807) is 31.3 Å². The maximum atomic E-state index is 13.8. The van der Waals surface area contributed by atoms with Crippen LogP contribution in [-0.2, 0) is 0 Å². The van der Waals surface area contributed by atoms with Crippen molar-refractivity contribution in [2.75, 3.05) is 33.2 Å². The molecule has 0 saturated heterocycles. The Hall–Kier alpha value is -5.31. The number of ether oxygens (including phenoxy) is 3. The Morgan fingerprint density at radius 2 is 1.74 bits per heavy atom. The first kappa shape index (κ1) is 29.2. The second-order valence-electron chi connectivity index (χ2n) is 9.07. The molecular weight excluding hydrogens is 580 g/mol. The molecule has 15 nitrogen and oxygen atoms in total. The molecule has 2 N–H and O–H groups in total. The number of carbonyl (C=O) groups excluding carboxylic acids is 2. The third-order valence-electron chi connectivity index (χ3n) is 6.22. The van der Waals surface area contributed by atoms with Gasteiger partial charge in [-0.2, -0.15) is 15.1 Å². The van der Waals surface area contributed by atoms with E-state index >= 15 is 0 Å². The lowest BCUT2D eigenvalue weighted by Gasteiger charge is -2.15. The normalized spacial score (nSPS) is 10.9. The van der Waals surface area contributed by atoms with E-state index in [-0.39, 0.29) is 51.6 Å². The number of anilines is 1. The highest BCUT2D eigenvalue weighted by Gasteiger charge is 2.26. The summed E-state index contributed by atoms with van der Waals surface area (Å²) < 4.78 is 18.2. The molecule has 4 aromatic heterocycles. The lowest BCUT2D eigenvalue weighted by molar-refractivity contribution is 0.0956. The van der Waals surface area contributed by atoms with Gasteiger partial charge in [0.25, 0.3) is 17.8 Å². The monoisotopic (exact) mass is 606 g/mol. The van der Waals surface area contributed by atoms with Crippen LogP contribution in [0.2, 0.25) is 5.02 Å². The number of rotatable bonds is 10. The summed E-state index contributed by atoms with van der Waals surface area (Å²) >= 11 is 6.36. The Morgan fingerprint density at radius 3 is 2.40 bits per heavy atom. The van der Waals surface area contributed by atoms with Crippen molar-refractivity contribution in [2.45, 2.75) is 20.3 Å². The van der Waals surface area contributed by atoms with Crippen LogP contribution in [0.1, 0.15) is 39.8 Å². The quantitative estimate of drug-likeness (QED) is 0.239. The molecule has 4 heterocycles. The minimum Gasteiger partial charge on any atom is -0.480 e. The second-order valence-corrected chi connectivity index (χ2v) is 9.47. The topological polar surface area (TPSA) is 173 Å². The van der Waals surface area contributed by atoms with Crippen LogP contribution in [0.3, 0.4) is 0 Å². The van der Waals surface area contributed by atoms with E-state index < -0.39 is 11.8 Å². The molecule has 0 radical (unpaired) electrons. The number of benzene rings is 1.